The third-order valence-electron chi connectivity index (χ3n) is 3.15. The van der Waals surface area contributed by atoms with Crippen LogP contribution in [0.1, 0.15) is 6.92 Å². The van der Waals surface area contributed by atoms with E-state index in [-0.39, 0.29) is 16.8 Å². The van der Waals surface area contributed by atoms with E-state index in [9.17, 15) is 13.2 Å². The Morgan fingerprint density at radius 2 is 1.87 bits per heavy atom. The van der Waals surface area contributed by atoms with Gasteiger partial charge in [-0.1, -0.05) is 6.07 Å². The molecule has 0 radical (unpaired) electrons. The van der Waals surface area contributed by atoms with Gasteiger partial charge >= 0.3 is 0 Å². The van der Waals surface area contributed by atoms with Crippen LogP contribution in [0.2, 0.25) is 0 Å². The molecule has 0 saturated carbocycles. The monoisotopic (exact) mass is 330 g/mol. The molecule has 1 amide bonds. The summed E-state index contributed by atoms with van der Waals surface area (Å²) in [5.41, 5.74) is 1.31. The van der Waals surface area contributed by atoms with Crippen molar-refractivity contribution in [1.82, 2.24) is 9.38 Å². The molecular weight excluding hydrogens is 316 g/mol. The fraction of sp³-hybridized carbons (Fsp3) is 0.0667. The van der Waals surface area contributed by atoms with Crippen molar-refractivity contribution < 1.29 is 13.2 Å². The third-order valence-corrected chi connectivity index (χ3v) is 4.49. The van der Waals surface area contributed by atoms with Crippen LogP contribution in [0.25, 0.3) is 5.52 Å². The number of pyridine rings is 1. The van der Waals surface area contributed by atoms with Crippen LogP contribution in [0.5, 0.6) is 0 Å². The highest BCUT2D eigenvalue weighted by atomic mass is 32.2. The second-order valence-electron chi connectivity index (χ2n) is 4.89. The fourth-order valence-electron chi connectivity index (χ4n) is 2.12. The number of amides is 1. The van der Waals surface area contributed by atoms with Gasteiger partial charge in [-0.3, -0.25) is 9.20 Å². The Kier molecular flexibility index (Phi) is 3.75. The Morgan fingerprint density at radius 1 is 1.13 bits per heavy atom. The zero-order valence-electron chi connectivity index (χ0n) is 12.2. The lowest BCUT2D eigenvalue weighted by atomic mass is 10.3. The SMILES string of the molecule is CC(=O)Nc1ccc(S(=O)(=O)Nc2ncc3ccccn23)cc1. The number of imidazole rings is 1. The van der Waals surface area contributed by atoms with Crippen LogP contribution in [0.4, 0.5) is 11.6 Å². The minimum atomic E-state index is -3.77. The van der Waals surface area contributed by atoms with Gasteiger partial charge in [0.15, 0.2) is 0 Å². The lowest BCUT2D eigenvalue weighted by molar-refractivity contribution is -0.114. The number of carbonyl (C=O) groups excluding carboxylic acids is 1. The van der Waals surface area contributed by atoms with E-state index < -0.39 is 10.0 Å². The summed E-state index contributed by atoms with van der Waals surface area (Å²) in [5, 5.41) is 2.58. The number of hydrogen-bond acceptors (Lipinski definition) is 4. The molecule has 0 saturated heterocycles. The molecule has 0 aliphatic carbocycles. The smallest absolute Gasteiger partial charge is 0.264 e. The van der Waals surface area contributed by atoms with E-state index in [2.05, 4.69) is 15.0 Å². The quantitative estimate of drug-likeness (QED) is 0.766. The lowest BCUT2D eigenvalue weighted by Crippen LogP contribution is -2.15. The van der Waals surface area contributed by atoms with Gasteiger partial charge in [0.2, 0.25) is 11.9 Å². The van der Waals surface area contributed by atoms with E-state index in [0.29, 0.717) is 5.69 Å². The van der Waals surface area contributed by atoms with Crippen molar-refractivity contribution in [3.8, 4) is 0 Å². The Morgan fingerprint density at radius 3 is 2.57 bits per heavy atom. The first-order valence-corrected chi connectivity index (χ1v) is 8.26. The Balaban J connectivity index is 1.88. The Bertz CT molecular complexity index is 962. The minimum absolute atomic E-state index is 0.0827. The maximum atomic E-state index is 12.4. The van der Waals surface area contributed by atoms with E-state index >= 15 is 0 Å². The number of rotatable bonds is 4. The van der Waals surface area contributed by atoms with Crippen LogP contribution in [0.15, 0.2) is 59.8 Å². The molecule has 0 aliphatic rings. The topological polar surface area (TPSA) is 92.6 Å². The Labute approximate surface area is 133 Å². The fourth-order valence-corrected chi connectivity index (χ4v) is 3.12. The van der Waals surface area contributed by atoms with Gasteiger partial charge in [-0.2, -0.15) is 0 Å². The second-order valence-corrected chi connectivity index (χ2v) is 6.57. The zero-order chi connectivity index (χ0) is 16.4. The average Bonchev–Trinajstić information content (AvgIpc) is 2.90. The number of sulfonamides is 1. The molecule has 0 atom stereocenters. The van der Waals surface area contributed by atoms with Crippen LogP contribution in [0.3, 0.4) is 0 Å². The van der Waals surface area contributed by atoms with Gasteiger partial charge in [0.25, 0.3) is 10.0 Å². The molecule has 0 bridgehead atoms. The van der Waals surface area contributed by atoms with Gasteiger partial charge < -0.3 is 5.32 Å². The third kappa shape index (κ3) is 3.16. The van der Waals surface area contributed by atoms with Crippen molar-refractivity contribution in [3.05, 3.63) is 54.9 Å². The van der Waals surface area contributed by atoms with Crippen molar-refractivity contribution in [2.24, 2.45) is 0 Å². The molecule has 0 fully saturated rings. The summed E-state index contributed by atoms with van der Waals surface area (Å²) in [7, 11) is -3.77. The molecule has 2 aromatic heterocycles. The summed E-state index contributed by atoms with van der Waals surface area (Å²) in [6.07, 6.45) is 3.30. The highest BCUT2D eigenvalue weighted by Crippen LogP contribution is 2.18. The number of aromatic nitrogens is 2. The molecule has 3 aromatic rings. The molecule has 0 spiro atoms. The first-order valence-electron chi connectivity index (χ1n) is 6.78. The predicted molar refractivity (Wildman–Crippen MR) is 86.7 cm³/mol. The molecule has 1 aromatic carbocycles. The van der Waals surface area contributed by atoms with Gasteiger partial charge in [-0.15, -0.1) is 0 Å². The van der Waals surface area contributed by atoms with Crippen molar-refractivity contribution in [2.45, 2.75) is 11.8 Å². The summed E-state index contributed by atoms with van der Waals surface area (Å²) < 4.78 is 28.9. The van der Waals surface area contributed by atoms with E-state index in [1.807, 2.05) is 12.1 Å². The number of anilines is 2. The highest BCUT2D eigenvalue weighted by molar-refractivity contribution is 7.92. The molecule has 3 rings (SSSR count). The molecule has 118 valence electrons. The summed E-state index contributed by atoms with van der Waals surface area (Å²) in [5.74, 6) is -0.00544. The van der Waals surface area contributed by atoms with E-state index in [0.717, 1.165) is 5.52 Å². The lowest BCUT2D eigenvalue weighted by Gasteiger charge is -2.08. The summed E-state index contributed by atoms with van der Waals surface area (Å²) >= 11 is 0. The van der Waals surface area contributed by atoms with Crippen LogP contribution in [0, 0.1) is 0 Å². The summed E-state index contributed by atoms with van der Waals surface area (Å²) in [6.45, 7) is 1.38. The van der Waals surface area contributed by atoms with Crippen molar-refractivity contribution in [3.63, 3.8) is 0 Å². The van der Waals surface area contributed by atoms with Crippen LogP contribution >= 0.6 is 0 Å². The maximum Gasteiger partial charge on any atom is 0.264 e. The van der Waals surface area contributed by atoms with E-state index in [1.54, 1.807) is 22.9 Å². The van der Waals surface area contributed by atoms with Gasteiger partial charge in [0.1, 0.15) is 0 Å². The van der Waals surface area contributed by atoms with Crippen LogP contribution in [-0.4, -0.2) is 23.7 Å². The van der Waals surface area contributed by atoms with Crippen molar-refractivity contribution in [2.75, 3.05) is 10.0 Å². The first kappa shape index (κ1) is 15.0. The minimum Gasteiger partial charge on any atom is -0.326 e. The standard InChI is InChI=1S/C15H14N4O3S/c1-11(20)17-12-5-7-14(8-6-12)23(21,22)18-15-16-10-13-4-2-3-9-19(13)15/h2-10H,1H3,(H,16,18)(H,17,20). The molecule has 7 nitrogen and oxygen atoms in total. The zero-order valence-corrected chi connectivity index (χ0v) is 13.0. The molecule has 0 unspecified atom stereocenters. The van der Waals surface area contributed by atoms with E-state index in [1.165, 1.54) is 31.2 Å². The second kappa shape index (κ2) is 5.73. The number of benzene rings is 1. The number of hydrogen-bond donors (Lipinski definition) is 2. The first-order chi connectivity index (χ1) is 11.0. The van der Waals surface area contributed by atoms with Gasteiger partial charge in [0, 0.05) is 18.8 Å². The molecule has 2 N–H and O–H groups in total. The summed E-state index contributed by atoms with van der Waals surface area (Å²) in [6, 6.07) is 11.4. The van der Waals surface area contributed by atoms with Gasteiger partial charge in [0.05, 0.1) is 16.6 Å². The molecule has 8 heteroatoms. The van der Waals surface area contributed by atoms with Crippen molar-refractivity contribution >= 4 is 33.1 Å². The van der Waals surface area contributed by atoms with E-state index in [4.69, 9.17) is 0 Å². The molecule has 0 aliphatic heterocycles. The highest BCUT2D eigenvalue weighted by Gasteiger charge is 2.16. The van der Waals surface area contributed by atoms with Gasteiger partial charge in [-0.05, 0) is 36.4 Å². The van der Waals surface area contributed by atoms with Crippen LogP contribution in [-0.2, 0) is 14.8 Å². The Hall–Kier alpha value is -2.87. The number of fused-ring (bicyclic) bond motifs is 1. The molecular formula is C15H14N4O3S. The number of carbonyl (C=O) groups is 1. The maximum absolute atomic E-state index is 12.4. The number of nitrogens with zero attached hydrogens (tertiary/aromatic N) is 2. The molecule has 2 heterocycles. The van der Waals surface area contributed by atoms with Gasteiger partial charge in [-0.25, -0.2) is 18.1 Å². The normalized spacial score (nSPS) is 11.3. The predicted octanol–water partition coefficient (Wildman–Crippen LogP) is 2.09. The van der Waals surface area contributed by atoms with Crippen molar-refractivity contribution in [1.29, 1.82) is 0 Å². The van der Waals surface area contributed by atoms with Crippen LogP contribution < -0.4 is 10.0 Å². The molecule has 23 heavy (non-hydrogen) atoms. The number of nitrogens with one attached hydrogen (secondary N) is 2. The summed E-state index contributed by atoms with van der Waals surface area (Å²) in [4.78, 5) is 15.1. The largest absolute Gasteiger partial charge is 0.326 e. The average molecular weight is 330 g/mol.